The first-order chi connectivity index (χ1) is 11.2. The standard InChI is InChI=1S/C18H22N4O/c1-21-11-12-22(13-15(21)16-19-9-10-20-16)17(23)18(7-8-18)14-5-3-2-4-6-14/h2-6,9-10,15H,7-8,11-13H2,1H3,(H,19,20). The van der Waals surface area contributed by atoms with E-state index in [4.69, 9.17) is 0 Å². The van der Waals surface area contributed by atoms with Crippen LogP contribution in [0.25, 0.3) is 0 Å². The minimum atomic E-state index is -0.273. The number of nitrogens with one attached hydrogen (secondary N) is 1. The number of aromatic nitrogens is 2. The molecule has 1 aliphatic heterocycles. The number of rotatable bonds is 3. The second-order valence-corrected chi connectivity index (χ2v) is 6.67. The van der Waals surface area contributed by atoms with Crippen LogP contribution in [0.2, 0.25) is 0 Å². The summed E-state index contributed by atoms with van der Waals surface area (Å²) in [5.41, 5.74) is 0.892. The van der Waals surface area contributed by atoms with Gasteiger partial charge in [0.15, 0.2) is 0 Å². The van der Waals surface area contributed by atoms with Crippen molar-refractivity contribution in [2.45, 2.75) is 24.3 Å². The number of carbonyl (C=O) groups is 1. The molecule has 120 valence electrons. The van der Waals surface area contributed by atoms with Crippen LogP contribution in [-0.2, 0) is 10.2 Å². The number of nitrogens with zero attached hydrogens (tertiary/aromatic N) is 3. The maximum absolute atomic E-state index is 13.2. The third kappa shape index (κ3) is 2.45. The zero-order chi connectivity index (χ0) is 15.9. The maximum Gasteiger partial charge on any atom is 0.233 e. The molecule has 1 aliphatic carbocycles. The van der Waals surface area contributed by atoms with E-state index in [1.54, 1.807) is 6.20 Å². The fraction of sp³-hybridized carbons (Fsp3) is 0.444. The smallest absolute Gasteiger partial charge is 0.233 e. The summed E-state index contributed by atoms with van der Waals surface area (Å²) in [5.74, 6) is 1.22. The van der Waals surface area contributed by atoms with Crippen LogP contribution in [0.4, 0.5) is 0 Å². The number of benzene rings is 1. The lowest BCUT2D eigenvalue weighted by Gasteiger charge is -2.40. The van der Waals surface area contributed by atoms with E-state index in [1.165, 1.54) is 5.56 Å². The SMILES string of the molecule is CN1CCN(C(=O)C2(c3ccccc3)CC2)CC1c1ncc[nH]1. The molecular formula is C18H22N4O. The molecule has 2 heterocycles. The van der Waals surface area contributed by atoms with Gasteiger partial charge in [0.25, 0.3) is 0 Å². The second-order valence-electron chi connectivity index (χ2n) is 6.67. The summed E-state index contributed by atoms with van der Waals surface area (Å²) >= 11 is 0. The molecule has 23 heavy (non-hydrogen) atoms. The van der Waals surface area contributed by atoms with Crippen LogP contribution in [-0.4, -0.2) is 52.4 Å². The molecule has 1 amide bonds. The van der Waals surface area contributed by atoms with E-state index in [0.717, 1.165) is 31.8 Å². The normalized spacial score (nSPS) is 23.7. The predicted molar refractivity (Wildman–Crippen MR) is 87.9 cm³/mol. The number of carbonyl (C=O) groups excluding carboxylic acids is 1. The van der Waals surface area contributed by atoms with Crippen LogP contribution in [0.15, 0.2) is 42.7 Å². The first kappa shape index (κ1) is 14.5. The van der Waals surface area contributed by atoms with Gasteiger partial charge in [-0.05, 0) is 25.5 Å². The third-order valence-corrected chi connectivity index (χ3v) is 5.26. The summed E-state index contributed by atoms with van der Waals surface area (Å²) in [4.78, 5) is 25.1. The quantitative estimate of drug-likeness (QED) is 0.943. The molecule has 1 N–H and O–H groups in total. The summed E-state index contributed by atoms with van der Waals surface area (Å²) in [5, 5.41) is 0. The van der Waals surface area contributed by atoms with Crippen molar-refractivity contribution in [3.05, 3.63) is 54.1 Å². The van der Waals surface area contributed by atoms with Crippen molar-refractivity contribution in [3.8, 4) is 0 Å². The van der Waals surface area contributed by atoms with Crippen LogP contribution in [0.5, 0.6) is 0 Å². The molecule has 1 saturated carbocycles. The Bertz CT molecular complexity index is 678. The van der Waals surface area contributed by atoms with Gasteiger partial charge in [-0.2, -0.15) is 0 Å². The number of aromatic amines is 1. The minimum Gasteiger partial charge on any atom is -0.347 e. The summed E-state index contributed by atoms with van der Waals surface area (Å²) in [7, 11) is 2.10. The lowest BCUT2D eigenvalue weighted by molar-refractivity contribution is -0.136. The minimum absolute atomic E-state index is 0.147. The van der Waals surface area contributed by atoms with E-state index in [9.17, 15) is 4.79 Å². The van der Waals surface area contributed by atoms with Gasteiger partial charge in [0.2, 0.25) is 5.91 Å². The van der Waals surface area contributed by atoms with Gasteiger partial charge in [0, 0.05) is 32.0 Å². The van der Waals surface area contributed by atoms with E-state index in [-0.39, 0.29) is 17.4 Å². The molecule has 1 aromatic heterocycles. The molecule has 2 aromatic rings. The molecule has 5 nitrogen and oxygen atoms in total. The highest BCUT2D eigenvalue weighted by Crippen LogP contribution is 2.49. The lowest BCUT2D eigenvalue weighted by Crippen LogP contribution is -2.52. The Labute approximate surface area is 136 Å². The van der Waals surface area contributed by atoms with Gasteiger partial charge in [-0.3, -0.25) is 9.69 Å². The number of piperazine rings is 1. The Balaban J connectivity index is 1.55. The van der Waals surface area contributed by atoms with Crippen molar-refractivity contribution in [2.75, 3.05) is 26.7 Å². The summed E-state index contributed by atoms with van der Waals surface area (Å²) in [6, 6.07) is 10.4. The molecular weight excluding hydrogens is 288 g/mol. The Kier molecular flexibility index (Phi) is 3.45. The Morgan fingerprint density at radius 2 is 2.04 bits per heavy atom. The molecule has 4 rings (SSSR count). The van der Waals surface area contributed by atoms with Crippen LogP contribution < -0.4 is 0 Å². The van der Waals surface area contributed by atoms with E-state index in [0.29, 0.717) is 6.54 Å². The Morgan fingerprint density at radius 1 is 1.26 bits per heavy atom. The zero-order valence-electron chi connectivity index (χ0n) is 13.4. The van der Waals surface area contributed by atoms with E-state index < -0.39 is 0 Å². The van der Waals surface area contributed by atoms with Gasteiger partial charge < -0.3 is 9.88 Å². The highest BCUT2D eigenvalue weighted by atomic mass is 16.2. The van der Waals surface area contributed by atoms with Crippen LogP contribution >= 0.6 is 0 Å². The summed E-state index contributed by atoms with van der Waals surface area (Å²) < 4.78 is 0. The predicted octanol–water partition coefficient (Wildman–Crippen LogP) is 1.96. The average Bonchev–Trinajstić information content (AvgIpc) is 3.23. The number of hydrogen-bond donors (Lipinski definition) is 1. The molecule has 2 aliphatic rings. The number of H-pyrrole nitrogens is 1. The maximum atomic E-state index is 13.2. The average molecular weight is 310 g/mol. The van der Waals surface area contributed by atoms with Gasteiger partial charge in [0.05, 0.1) is 11.5 Å². The first-order valence-electron chi connectivity index (χ1n) is 8.25. The number of hydrogen-bond acceptors (Lipinski definition) is 3. The Hall–Kier alpha value is -2.14. The van der Waals surface area contributed by atoms with Gasteiger partial charge in [-0.25, -0.2) is 4.98 Å². The fourth-order valence-electron chi connectivity index (χ4n) is 3.62. The number of imidazole rings is 1. The van der Waals surface area contributed by atoms with E-state index in [1.807, 2.05) is 29.3 Å². The zero-order valence-corrected chi connectivity index (χ0v) is 13.4. The topological polar surface area (TPSA) is 52.2 Å². The van der Waals surface area contributed by atoms with Crippen molar-refractivity contribution in [1.82, 2.24) is 19.8 Å². The monoisotopic (exact) mass is 310 g/mol. The Morgan fingerprint density at radius 3 is 2.70 bits per heavy atom. The van der Waals surface area contributed by atoms with Crippen molar-refractivity contribution in [3.63, 3.8) is 0 Å². The summed E-state index contributed by atoms with van der Waals surface area (Å²) in [6.45, 7) is 2.38. The highest BCUT2D eigenvalue weighted by Gasteiger charge is 2.53. The van der Waals surface area contributed by atoms with Gasteiger partial charge >= 0.3 is 0 Å². The molecule has 0 radical (unpaired) electrons. The molecule has 1 aromatic carbocycles. The van der Waals surface area contributed by atoms with Crippen LogP contribution in [0.1, 0.15) is 30.3 Å². The van der Waals surface area contributed by atoms with E-state index in [2.05, 4.69) is 34.0 Å². The van der Waals surface area contributed by atoms with Crippen molar-refractivity contribution >= 4 is 5.91 Å². The molecule has 1 atom stereocenters. The van der Waals surface area contributed by atoms with Crippen LogP contribution in [0, 0.1) is 0 Å². The van der Waals surface area contributed by atoms with Crippen molar-refractivity contribution in [1.29, 1.82) is 0 Å². The second kappa shape index (κ2) is 5.49. The molecule has 0 bridgehead atoms. The molecule has 5 heteroatoms. The van der Waals surface area contributed by atoms with Gasteiger partial charge in [-0.1, -0.05) is 30.3 Å². The van der Waals surface area contributed by atoms with Crippen LogP contribution in [0.3, 0.4) is 0 Å². The highest BCUT2D eigenvalue weighted by molar-refractivity contribution is 5.91. The van der Waals surface area contributed by atoms with Gasteiger partial charge in [0.1, 0.15) is 5.82 Å². The molecule has 0 spiro atoms. The van der Waals surface area contributed by atoms with E-state index >= 15 is 0 Å². The molecule has 1 saturated heterocycles. The third-order valence-electron chi connectivity index (χ3n) is 5.26. The largest absolute Gasteiger partial charge is 0.347 e. The van der Waals surface area contributed by atoms with Crippen molar-refractivity contribution < 1.29 is 4.79 Å². The van der Waals surface area contributed by atoms with Gasteiger partial charge in [-0.15, -0.1) is 0 Å². The summed E-state index contributed by atoms with van der Waals surface area (Å²) in [6.07, 6.45) is 5.55. The first-order valence-corrected chi connectivity index (χ1v) is 8.25. The molecule has 1 unspecified atom stereocenters. The fourth-order valence-corrected chi connectivity index (χ4v) is 3.62. The molecule has 2 fully saturated rings. The number of amides is 1. The lowest BCUT2D eigenvalue weighted by atomic mass is 9.93. The number of likely N-dealkylation sites (N-methyl/N-ethyl adjacent to an activating group) is 1. The van der Waals surface area contributed by atoms with Crippen molar-refractivity contribution in [2.24, 2.45) is 0 Å².